The van der Waals surface area contributed by atoms with Gasteiger partial charge in [-0.1, -0.05) is 0 Å². The third-order valence-electron chi connectivity index (χ3n) is 4.49. The number of thiazole rings is 1. The van der Waals surface area contributed by atoms with Crippen LogP contribution in [-0.4, -0.2) is 43.4 Å². The van der Waals surface area contributed by atoms with E-state index in [0.717, 1.165) is 17.0 Å². The van der Waals surface area contributed by atoms with Crippen molar-refractivity contribution in [1.29, 1.82) is 0 Å². The maximum absolute atomic E-state index is 12.6. The van der Waals surface area contributed by atoms with Crippen LogP contribution in [0.1, 0.15) is 23.6 Å². The van der Waals surface area contributed by atoms with Gasteiger partial charge in [-0.25, -0.2) is 13.4 Å². The minimum absolute atomic E-state index is 0. The zero-order chi connectivity index (χ0) is 18.1. The van der Waals surface area contributed by atoms with E-state index in [0.29, 0.717) is 24.6 Å². The Morgan fingerprint density at radius 1 is 1.33 bits per heavy atom. The van der Waals surface area contributed by atoms with E-state index in [-0.39, 0.29) is 44.2 Å². The van der Waals surface area contributed by atoms with Gasteiger partial charge in [-0.2, -0.15) is 0 Å². The quantitative estimate of drug-likeness (QED) is 0.716. The fourth-order valence-corrected chi connectivity index (χ4v) is 4.97. The highest BCUT2D eigenvalue weighted by Crippen LogP contribution is 2.28. The number of nitrogens with one attached hydrogen (secondary N) is 2. The molecule has 3 heterocycles. The molecule has 1 aliphatic heterocycles. The third kappa shape index (κ3) is 5.03. The number of aromatic nitrogens is 1. The maximum Gasteiger partial charge on any atom is 0.241 e. The Morgan fingerprint density at radius 3 is 2.56 bits per heavy atom. The lowest BCUT2D eigenvalue weighted by molar-refractivity contribution is -0.124. The van der Waals surface area contributed by atoms with Crippen molar-refractivity contribution in [2.24, 2.45) is 0 Å². The standard InChI is InChI=1S/C16H21N3O4S2.2ClH/c1-11-19-13(10-24-11)14-4-3-12(23-14)9-18-15(20)16(25(2,21)22)5-7-17-8-6-16;;/h3-4,10,17H,5-9H2,1-2H3,(H,18,20);2*1H. The van der Waals surface area contributed by atoms with Crippen molar-refractivity contribution in [3.05, 3.63) is 28.3 Å². The number of halogens is 2. The van der Waals surface area contributed by atoms with Crippen LogP contribution >= 0.6 is 36.2 Å². The molecule has 0 bridgehead atoms. The van der Waals surface area contributed by atoms with Crippen molar-refractivity contribution in [1.82, 2.24) is 15.6 Å². The zero-order valence-corrected chi connectivity index (χ0v) is 18.2. The second-order valence-corrected chi connectivity index (χ2v) is 9.60. The van der Waals surface area contributed by atoms with Crippen LogP contribution in [0.3, 0.4) is 0 Å². The Bertz CT molecular complexity index is 874. The molecule has 27 heavy (non-hydrogen) atoms. The molecule has 1 fully saturated rings. The summed E-state index contributed by atoms with van der Waals surface area (Å²) < 4.78 is 28.8. The zero-order valence-electron chi connectivity index (χ0n) is 15.0. The van der Waals surface area contributed by atoms with Crippen LogP contribution in [0.4, 0.5) is 0 Å². The van der Waals surface area contributed by atoms with E-state index in [4.69, 9.17) is 4.42 Å². The smallest absolute Gasteiger partial charge is 0.241 e. The van der Waals surface area contributed by atoms with Gasteiger partial charge in [0.15, 0.2) is 20.3 Å². The van der Waals surface area contributed by atoms with Crippen LogP contribution in [0.25, 0.3) is 11.5 Å². The molecule has 1 aliphatic rings. The first-order valence-electron chi connectivity index (χ1n) is 8.02. The summed E-state index contributed by atoms with van der Waals surface area (Å²) in [6.45, 7) is 3.08. The number of carbonyl (C=O) groups excluding carboxylic acids is 1. The second kappa shape index (κ2) is 9.38. The highest BCUT2D eigenvalue weighted by Gasteiger charge is 2.48. The summed E-state index contributed by atoms with van der Waals surface area (Å²) in [4.78, 5) is 17.0. The normalized spacial score (nSPS) is 16.1. The topological polar surface area (TPSA) is 101 Å². The number of piperidine rings is 1. The number of hydrogen-bond acceptors (Lipinski definition) is 7. The number of rotatable bonds is 5. The van der Waals surface area contributed by atoms with Crippen LogP contribution in [0, 0.1) is 6.92 Å². The van der Waals surface area contributed by atoms with Crippen molar-refractivity contribution < 1.29 is 17.6 Å². The largest absolute Gasteiger partial charge is 0.458 e. The van der Waals surface area contributed by atoms with E-state index >= 15 is 0 Å². The van der Waals surface area contributed by atoms with Crippen LogP contribution in [0.2, 0.25) is 0 Å². The van der Waals surface area contributed by atoms with Crippen molar-refractivity contribution >= 4 is 51.9 Å². The van der Waals surface area contributed by atoms with Gasteiger partial charge in [0.05, 0.1) is 11.6 Å². The summed E-state index contributed by atoms with van der Waals surface area (Å²) in [6.07, 6.45) is 1.69. The molecule has 0 aliphatic carbocycles. The fraction of sp³-hybridized carbons (Fsp3) is 0.500. The first-order chi connectivity index (χ1) is 11.8. The van der Waals surface area contributed by atoms with Crippen LogP contribution in [-0.2, 0) is 21.2 Å². The lowest BCUT2D eigenvalue weighted by atomic mass is 9.96. The van der Waals surface area contributed by atoms with Crippen molar-refractivity contribution in [2.45, 2.75) is 31.1 Å². The van der Waals surface area contributed by atoms with E-state index in [1.165, 1.54) is 11.3 Å². The molecule has 11 heteroatoms. The molecule has 1 saturated heterocycles. The number of carbonyl (C=O) groups is 1. The monoisotopic (exact) mass is 455 g/mol. The molecule has 152 valence electrons. The van der Waals surface area contributed by atoms with Gasteiger partial charge in [0.25, 0.3) is 0 Å². The molecular formula is C16H23Cl2N3O4S2. The average Bonchev–Trinajstić information content (AvgIpc) is 3.21. The first kappa shape index (κ1) is 23.9. The van der Waals surface area contributed by atoms with Gasteiger partial charge in [0.2, 0.25) is 5.91 Å². The Morgan fingerprint density at radius 2 is 2.00 bits per heavy atom. The van der Waals surface area contributed by atoms with E-state index in [2.05, 4.69) is 15.6 Å². The molecule has 2 aromatic heterocycles. The van der Waals surface area contributed by atoms with Gasteiger partial charge >= 0.3 is 0 Å². The average molecular weight is 456 g/mol. The van der Waals surface area contributed by atoms with Gasteiger partial charge in [0, 0.05) is 11.6 Å². The molecule has 1 amide bonds. The summed E-state index contributed by atoms with van der Waals surface area (Å²) in [5, 5.41) is 8.68. The van der Waals surface area contributed by atoms with Crippen LogP contribution in [0.15, 0.2) is 21.9 Å². The molecule has 2 aromatic rings. The molecule has 7 nitrogen and oxygen atoms in total. The third-order valence-corrected chi connectivity index (χ3v) is 7.28. The van der Waals surface area contributed by atoms with E-state index in [9.17, 15) is 13.2 Å². The SMILES string of the molecule is Cc1nc(-c2ccc(CNC(=O)C3(S(C)(=O)=O)CCNCC3)o2)cs1.Cl.Cl. The molecule has 0 atom stereocenters. The Hall–Kier alpha value is -1.13. The molecule has 0 unspecified atom stereocenters. The summed E-state index contributed by atoms with van der Waals surface area (Å²) in [5.41, 5.74) is 0.756. The van der Waals surface area contributed by atoms with Gasteiger partial charge in [0.1, 0.15) is 11.5 Å². The Labute approximate surface area is 175 Å². The minimum Gasteiger partial charge on any atom is -0.458 e. The number of nitrogens with zero attached hydrogens (tertiary/aromatic N) is 1. The number of furan rings is 1. The molecule has 3 rings (SSSR count). The summed E-state index contributed by atoms with van der Waals surface area (Å²) in [6, 6.07) is 3.56. The summed E-state index contributed by atoms with van der Waals surface area (Å²) in [5.74, 6) is 0.735. The maximum atomic E-state index is 12.6. The highest BCUT2D eigenvalue weighted by atomic mass is 35.5. The van der Waals surface area contributed by atoms with Crippen LogP contribution in [0.5, 0.6) is 0 Å². The second-order valence-electron chi connectivity index (χ2n) is 6.22. The molecular weight excluding hydrogens is 433 g/mol. The van der Waals surface area contributed by atoms with Crippen LogP contribution < -0.4 is 10.6 Å². The lowest BCUT2D eigenvalue weighted by Gasteiger charge is -2.34. The summed E-state index contributed by atoms with van der Waals surface area (Å²) >= 11 is 1.53. The van der Waals surface area contributed by atoms with Crippen molar-refractivity contribution in [3.8, 4) is 11.5 Å². The van der Waals surface area contributed by atoms with Gasteiger partial charge in [-0.3, -0.25) is 4.79 Å². The number of sulfone groups is 1. The van der Waals surface area contributed by atoms with Crippen molar-refractivity contribution in [3.63, 3.8) is 0 Å². The van der Waals surface area contributed by atoms with E-state index < -0.39 is 20.5 Å². The highest BCUT2D eigenvalue weighted by molar-refractivity contribution is 7.92. The van der Waals surface area contributed by atoms with E-state index in [1.807, 2.05) is 12.3 Å². The molecule has 2 N–H and O–H groups in total. The predicted octanol–water partition coefficient (Wildman–Crippen LogP) is 2.34. The predicted molar refractivity (Wildman–Crippen MR) is 111 cm³/mol. The molecule has 0 spiro atoms. The number of aryl methyl sites for hydroxylation is 1. The Kier molecular flexibility index (Phi) is 8.31. The molecule has 0 aromatic carbocycles. The van der Waals surface area contributed by atoms with Crippen molar-refractivity contribution in [2.75, 3.05) is 19.3 Å². The first-order valence-corrected chi connectivity index (χ1v) is 10.8. The lowest BCUT2D eigenvalue weighted by Crippen LogP contribution is -2.57. The fourth-order valence-electron chi connectivity index (χ4n) is 3.01. The minimum atomic E-state index is -3.52. The van der Waals surface area contributed by atoms with Gasteiger partial charge < -0.3 is 15.1 Å². The molecule has 0 saturated carbocycles. The molecule has 0 radical (unpaired) electrons. The Balaban J connectivity index is 0.00000182. The number of amides is 1. The van der Waals surface area contributed by atoms with E-state index in [1.54, 1.807) is 12.1 Å². The van der Waals surface area contributed by atoms with Gasteiger partial charge in [-0.05, 0) is 45.0 Å². The summed E-state index contributed by atoms with van der Waals surface area (Å²) in [7, 11) is -3.52. The number of hydrogen-bond donors (Lipinski definition) is 2. The van der Waals surface area contributed by atoms with Gasteiger partial charge in [-0.15, -0.1) is 36.2 Å².